The minimum atomic E-state index is -0.450. The van der Waals surface area contributed by atoms with Crippen molar-refractivity contribution in [2.24, 2.45) is 11.3 Å². The normalized spacial score (nSPS) is 25.7. The van der Waals surface area contributed by atoms with E-state index in [1.165, 1.54) is 0 Å². The minimum Gasteiger partial charge on any atom is -0.315 e. The van der Waals surface area contributed by atoms with Gasteiger partial charge in [-0.2, -0.15) is 0 Å². The lowest BCUT2D eigenvalue weighted by molar-refractivity contribution is 0.216. The molecule has 0 amide bonds. The lowest BCUT2D eigenvalue weighted by Gasteiger charge is -2.48. The van der Waals surface area contributed by atoms with Gasteiger partial charge in [0.1, 0.15) is 0 Å². The van der Waals surface area contributed by atoms with E-state index in [9.17, 15) is 4.21 Å². The van der Waals surface area contributed by atoms with Crippen LogP contribution in [0.4, 0.5) is 0 Å². The minimum absolute atomic E-state index is 0. The van der Waals surface area contributed by atoms with Crippen LogP contribution >= 0.6 is 0 Å². The molecule has 2 aliphatic heterocycles. The molecule has 74 valence electrons. The standard InChI is InChI=1S/C5H9NOS.C4H10.H2/c7-8-3-5(4-8)1-6-2-5;1-4(2)3;/h6H,1-4H2;4H,1-3H3;1H. The second kappa shape index (κ2) is 3.88. The van der Waals surface area contributed by atoms with Gasteiger partial charge in [-0.3, -0.25) is 4.21 Å². The van der Waals surface area contributed by atoms with Gasteiger partial charge >= 0.3 is 0 Å². The van der Waals surface area contributed by atoms with Crippen LogP contribution in [0.5, 0.6) is 0 Å². The van der Waals surface area contributed by atoms with Crippen LogP contribution in [0.3, 0.4) is 0 Å². The van der Waals surface area contributed by atoms with E-state index in [1.807, 2.05) is 0 Å². The molecule has 0 saturated carbocycles. The summed E-state index contributed by atoms with van der Waals surface area (Å²) in [6, 6.07) is 0. The highest BCUT2D eigenvalue weighted by Gasteiger charge is 2.47. The van der Waals surface area contributed by atoms with E-state index in [0.29, 0.717) is 5.41 Å². The molecule has 0 aromatic heterocycles. The molecule has 2 fully saturated rings. The lowest BCUT2D eigenvalue weighted by Crippen LogP contribution is -2.65. The van der Waals surface area contributed by atoms with Gasteiger partial charge in [-0.25, -0.2) is 0 Å². The molecule has 1 spiro atoms. The summed E-state index contributed by atoms with van der Waals surface area (Å²) in [5.74, 6) is 2.75. The summed E-state index contributed by atoms with van der Waals surface area (Å²) >= 11 is 0. The van der Waals surface area contributed by atoms with E-state index in [4.69, 9.17) is 0 Å². The number of hydrogen-bond acceptors (Lipinski definition) is 2. The van der Waals surface area contributed by atoms with E-state index in [2.05, 4.69) is 26.1 Å². The van der Waals surface area contributed by atoms with E-state index in [0.717, 1.165) is 30.5 Å². The largest absolute Gasteiger partial charge is 0.315 e. The summed E-state index contributed by atoms with van der Waals surface area (Å²) in [6.07, 6.45) is 0. The van der Waals surface area contributed by atoms with Crippen molar-refractivity contribution in [2.75, 3.05) is 24.6 Å². The highest BCUT2D eigenvalue weighted by molar-refractivity contribution is 7.86. The van der Waals surface area contributed by atoms with Crippen LogP contribution < -0.4 is 5.32 Å². The number of nitrogens with one attached hydrogen (secondary N) is 1. The van der Waals surface area contributed by atoms with Gasteiger partial charge in [-0.1, -0.05) is 20.8 Å². The maximum absolute atomic E-state index is 10.6. The molecule has 0 bridgehead atoms. The first-order chi connectivity index (χ1) is 5.54. The first kappa shape index (κ1) is 10.2. The summed E-state index contributed by atoms with van der Waals surface area (Å²) in [6.45, 7) is 8.72. The second-order valence-corrected chi connectivity index (χ2v) is 6.02. The Balaban J connectivity index is 0.000000256. The third-order valence-corrected chi connectivity index (χ3v) is 3.80. The molecule has 0 unspecified atom stereocenters. The van der Waals surface area contributed by atoms with Crippen molar-refractivity contribution < 1.29 is 5.64 Å². The van der Waals surface area contributed by atoms with Gasteiger partial charge < -0.3 is 5.32 Å². The Morgan fingerprint density at radius 1 is 1.33 bits per heavy atom. The van der Waals surface area contributed by atoms with Crippen molar-refractivity contribution in [3.8, 4) is 0 Å². The predicted octanol–water partition coefficient (Wildman–Crippen LogP) is 1.25. The van der Waals surface area contributed by atoms with Gasteiger partial charge in [0.25, 0.3) is 0 Å². The van der Waals surface area contributed by atoms with Crippen LogP contribution in [0.1, 0.15) is 22.2 Å². The molecule has 0 atom stereocenters. The van der Waals surface area contributed by atoms with E-state index >= 15 is 0 Å². The Morgan fingerprint density at radius 3 is 1.83 bits per heavy atom. The first-order valence-electron chi connectivity index (χ1n) is 4.60. The monoisotopic (exact) mass is 191 g/mol. The van der Waals surface area contributed by atoms with Gasteiger partial charge in [0.05, 0.1) is 0 Å². The maximum Gasteiger partial charge on any atom is 0.0324 e. The zero-order chi connectivity index (χ0) is 9.19. The van der Waals surface area contributed by atoms with Crippen molar-refractivity contribution >= 4 is 10.8 Å². The third-order valence-electron chi connectivity index (χ3n) is 1.93. The van der Waals surface area contributed by atoms with Crippen molar-refractivity contribution in [2.45, 2.75) is 20.8 Å². The molecule has 0 aliphatic carbocycles. The highest BCUT2D eigenvalue weighted by atomic mass is 32.2. The average molecular weight is 191 g/mol. The van der Waals surface area contributed by atoms with Crippen LogP contribution in [-0.4, -0.2) is 28.8 Å². The lowest BCUT2D eigenvalue weighted by atomic mass is 9.85. The highest BCUT2D eigenvalue weighted by Crippen LogP contribution is 2.33. The van der Waals surface area contributed by atoms with Crippen LogP contribution in [-0.2, 0) is 10.8 Å². The zero-order valence-electron chi connectivity index (χ0n) is 8.22. The third kappa shape index (κ3) is 2.56. The molecule has 3 heteroatoms. The van der Waals surface area contributed by atoms with E-state index in [1.54, 1.807) is 0 Å². The van der Waals surface area contributed by atoms with Gasteiger partial charge in [0.2, 0.25) is 0 Å². The second-order valence-electron chi connectivity index (χ2n) is 4.56. The maximum atomic E-state index is 10.6. The van der Waals surface area contributed by atoms with Crippen LogP contribution in [0, 0.1) is 11.3 Å². The fraction of sp³-hybridized carbons (Fsp3) is 1.00. The average Bonchev–Trinajstić information content (AvgIpc) is 1.74. The van der Waals surface area contributed by atoms with Gasteiger partial charge in [-0.15, -0.1) is 0 Å². The molecular formula is C9H21NOS. The summed E-state index contributed by atoms with van der Waals surface area (Å²) in [5.41, 5.74) is 0.505. The Kier molecular flexibility index (Phi) is 3.29. The molecule has 12 heavy (non-hydrogen) atoms. The fourth-order valence-corrected chi connectivity index (χ4v) is 3.01. The molecule has 2 aliphatic rings. The van der Waals surface area contributed by atoms with Crippen molar-refractivity contribution in [3.63, 3.8) is 0 Å². The quantitative estimate of drug-likeness (QED) is 0.624. The molecule has 2 saturated heterocycles. The summed E-state index contributed by atoms with van der Waals surface area (Å²) in [5, 5.41) is 3.19. The van der Waals surface area contributed by atoms with Crippen LogP contribution in [0.15, 0.2) is 0 Å². The van der Waals surface area contributed by atoms with E-state index in [-0.39, 0.29) is 1.43 Å². The predicted molar refractivity (Wildman–Crippen MR) is 55.8 cm³/mol. The van der Waals surface area contributed by atoms with Gasteiger partial charge in [-0.05, 0) is 5.92 Å². The Labute approximate surface area is 79.1 Å². The topological polar surface area (TPSA) is 29.1 Å². The van der Waals surface area contributed by atoms with Gasteiger partial charge in [0, 0.05) is 42.2 Å². The van der Waals surface area contributed by atoms with Crippen molar-refractivity contribution in [3.05, 3.63) is 0 Å². The van der Waals surface area contributed by atoms with Crippen molar-refractivity contribution in [1.82, 2.24) is 5.32 Å². The molecule has 0 radical (unpaired) electrons. The van der Waals surface area contributed by atoms with Crippen LogP contribution in [0.2, 0.25) is 0 Å². The fourth-order valence-electron chi connectivity index (χ4n) is 1.32. The number of rotatable bonds is 0. The molecule has 0 aromatic rings. The molecule has 2 nitrogen and oxygen atoms in total. The smallest absolute Gasteiger partial charge is 0.0324 e. The SMILES string of the molecule is CC(C)C.O=S1CC2(CNC2)C1.[HH]. The Bertz CT molecular complexity index is 168. The molecule has 1 N–H and O–H groups in total. The van der Waals surface area contributed by atoms with E-state index < -0.39 is 10.8 Å². The molecule has 0 aromatic carbocycles. The molecule has 2 heterocycles. The summed E-state index contributed by atoms with van der Waals surface area (Å²) < 4.78 is 10.6. The van der Waals surface area contributed by atoms with Crippen molar-refractivity contribution in [1.29, 1.82) is 0 Å². The molecular weight excluding hydrogens is 170 g/mol. The number of hydrogen-bond donors (Lipinski definition) is 1. The zero-order valence-corrected chi connectivity index (χ0v) is 9.04. The van der Waals surface area contributed by atoms with Crippen LogP contribution in [0.25, 0.3) is 0 Å². The Hall–Kier alpha value is 0.110. The summed E-state index contributed by atoms with van der Waals surface area (Å²) in [4.78, 5) is 0. The molecule has 2 rings (SSSR count). The van der Waals surface area contributed by atoms with Gasteiger partial charge in [0.15, 0.2) is 0 Å². The Morgan fingerprint density at radius 2 is 1.75 bits per heavy atom. The summed E-state index contributed by atoms with van der Waals surface area (Å²) in [7, 11) is -0.450. The first-order valence-corrected chi connectivity index (χ1v) is 6.09.